The molecule has 51 heavy (non-hydrogen) atoms. The zero-order valence-corrected chi connectivity index (χ0v) is 27.9. The van der Waals surface area contributed by atoms with Crippen LogP contribution in [0.25, 0.3) is 77.9 Å². The van der Waals surface area contributed by atoms with E-state index in [4.69, 9.17) is 0 Å². The first-order valence-electron chi connectivity index (χ1n) is 17.3. The molecule has 0 heterocycles. The van der Waals surface area contributed by atoms with Gasteiger partial charge in [0.25, 0.3) is 0 Å². The predicted molar refractivity (Wildman–Crippen MR) is 211 cm³/mol. The van der Waals surface area contributed by atoms with E-state index in [0.717, 1.165) is 73.2 Å². The van der Waals surface area contributed by atoms with Gasteiger partial charge in [-0.25, -0.2) is 0 Å². The number of phenolic OH excluding ortho intramolecular Hbond substituents is 2. The largest absolute Gasteiger partial charge is 0.507 e. The second-order valence-corrected chi connectivity index (χ2v) is 13.2. The maximum Gasteiger partial charge on any atom is 0.131 e. The van der Waals surface area contributed by atoms with E-state index in [0.29, 0.717) is 0 Å². The lowest BCUT2D eigenvalue weighted by Crippen LogP contribution is -1.96. The SMILES string of the molecule is Oc1c(-c2ccccc2)cc(-c2ccc3c(c2-c2cc(-c4ccccc4)c(O)c(-c4ccccc4)c2)Cc2ccccc2-3)cc1-c1ccccc1. The van der Waals surface area contributed by atoms with Crippen LogP contribution in [0.15, 0.2) is 182 Å². The van der Waals surface area contributed by atoms with Crippen LogP contribution in [-0.4, -0.2) is 10.2 Å². The smallest absolute Gasteiger partial charge is 0.131 e. The van der Waals surface area contributed by atoms with Crippen molar-refractivity contribution in [3.63, 3.8) is 0 Å². The van der Waals surface area contributed by atoms with Gasteiger partial charge in [0.1, 0.15) is 11.5 Å². The minimum absolute atomic E-state index is 0.258. The van der Waals surface area contributed by atoms with Gasteiger partial charge < -0.3 is 10.2 Å². The van der Waals surface area contributed by atoms with Gasteiger partial charge in [-0.2, -0.15) is 0 Å². The number of phenols is 2. The lowest BCUT2D eigenvalue weighted by atomic mass is 9.83. The number of benzene rings is 8. The summed E-state index contributed by atoms with van der Waals surface area (Å²) in [5.74, 6) is 0.518. The molecule has 242 valence electrons. The average molecular weight is 655 g/mol. The average Bonchev–Trinajstić information content (AvgIpc) is 3.58. The first-order chi connectivity index (χ1) is 25.1. The molecule has 0 saturated heterocycles. The standard InChI is InChI=1S/C49H34O2/c50-48-42(32-15-5-1-6-16-32)28-37(29-43(48)33-17-7-2-8-18-33)40-25-26-41-39-24-14-13-23-36(39)27-46(41)47(40)38-30-44(34-19-9-3-10-20-34)49(51)45(31-38)35-21-11-4-12-22-35/h1-26,28-31,50-51H,27H2. The zero-order chi connectivity index (χ0) is 34.3. The van der Waals surface area contributed by atoms with Gasteiger partial charge in [0, 0.05) is 22.3 Å². The summed E-state index contributed by atoms with van der Waals surface area (Å²) in [5.41, 5.74) is 16.2. The highest BCUT2D eigenvalue weighted by molar-refractivity contribution is 5.99. The Labute approximate surface area is 298 Å². The van der Waals surface area contributed by atoms with E-state index in [1.54, 1.807) is 0 Å². The Morgan fingerprint density at radius 2 is 0.667 bits per heavy atom. The summed E-state index contributed by atoms with van der Waals surface area (Å²) in [7, 11) is 0. The summed E-state index contributed by atoms with van der Waals surface area (Å²) in [6.45, 7) is 0. The van der Waals surface area contributed by atoms with E-state index in [2.05, 4.69) is 84.9 Å². The highest BCUT2D eigenvalue weighted by atomic mass is 16.3. The normalized spacial score (nSPS) is 11.6. The van der Waals surface area contributed by atoms with Crippen molar-refractivity contribution < 1.29 is 10.2 Å². The van der Waals surface area contributed by atoms with Crippen molar-refractivity contribution in [2.24, 2.45) is 0 Å². The zero-order valence-electron chi connectivity index (χ0n) is 27.9. The van der Waals surface area contributed by atoms with E-state index >= 15 is 0 Å². The lowest BCUT2D eigenvalue weighted by molar-refractivity contribution is 0.479. The molecule has 2 N–H and O–H groups in total. The molecule has 0 aliphatic heterocycles. The Balaban J connectivity index is 1.37. The van der Waals surface area contributed by atoms with Crippen LogP contribution in [-0.2, 0) is 6.42 Å². The molecule has 8 aromatic rings. The number of fused-ring (bicyclic) bond motifs is 3. The van der Waals surface area contributed by atoms with E-state index < -0.39 is 0 Å². The third-order valence-corrected chi connectivity index (χ3v) is 10.1. The Hall–Kier alpha value is -6.64. The molecule has 0 saturated carbocycles. The van der Waals surface area contributed by atoms with Crippen molar-refractivity contribution in [2.45, 2.75) is 6.42 Å². The molecule has 8 aromatic carbocycles. The number of hydrogen-bond acceptors (Lipinski definition) is 2. The fourth-order valence-electron chi connectivity index (χ4n) is 7.70. The molecule has 1 aliphatic carbocycles. The van der Waals surface area contributed by atoms with Crippen LogP contribution < -0.4 is 0 Å². The maximum atomic E-state index is 11.9. The van der Waals surface area contributed by atoms with Crippen LogP contribution in [0.2, 0.25) is 0 Å². The molecule has 1 aliphatic rings. The van der Waals surface area contributed by atoms with Gasteiger partial charge >= 0.3 is 0 Å². The van der Waals surface area contributed by atoms with Crippen molar-refractivity contribution in [1.82, 2.24) is 0 Å². The van der Waals surface area contributed by atoms with Crippen LogP contribution in [0.1, 0.15) is 11.1 Å². The van der Waals surface area contributed by atoms with Crippen molar-refractivity contribution >= 4 is 0 Å². The fraction of sp³-hybridized carbons (Fsp3) is 0.0204. The summed E-state index contributed by atoms with van der Waals surface area (Å²) in [4.78, 5) is 0. The van der Waals surface area contributed by atoms with Gasteiger partial charge in [0.05, 0.1) is 0 Å². The van der Waals surface area contributed by atoms with Gasteiger partial charge in [-0.05, 0) is 97.4 Å². The molecular formula is C49H34O2. The second kappa shape index (κ2) is 12.7. The summed E-state index contributed by atoms with van der Waals surface area (Å²) in [5, 5.41) is 23.8. The third kappa shape index (κ3) is 5.39. The van der Waals surface area contributed by atoms with Crippen LogP contribution in [0.4, 0.5) is 0 Å². The Kier molecular flexibility index (Phi) is 7.56. The fourth-order valence-corrected chi connectivity index (χ4v) is 7.70. The monoisotopic (exact) mass is 654 g/mol. The number of rotatable bonds is 6. The Bertz CT molecular complexity index is 2420. The van der Waals surface area contributed by atoms with E-state index in [9.17, 15) is 10.2 Å². The summed E-state index contributed by atoms with van der Waals surface area (Å²) >= 11 is 0. The third-order valence-electron chi connectivity index (χ3n) is 10.1. The van der Waals surface area contributed by atoms with Gasteiger partial charge in [0.2, 0.25) is 0 Å². The first-order valence-corrected chi connectivity index (χ1v) is 17.3. The highest BCUT2D eigenvalue weighted by Crippen LogP contribution is 2.51. The summed E-state index contributed by atoms with van der Waals surface area (Å²) in [6.07, 6.45) is 0.798. The second-order valence-electron chi connectivity index (χ2n) is 13.2. The Morgan fingerprint density at radius 3 is 1.12 bits per heavy atom. The molecule has 0 unspecified atom stereocenters. The van der Waals surface area contributed by atoms with E-state index in [-0.39, 0.29) is 11.5 Å². The highest BCUT2D eigenvalue weighted by Gasteiger charge is 2.27. The predicted octanol–water partition coefficient (Wildman–Crippen LogP) is 12.7. The molecule has 9 rings (SSSR count). The van der Waals surface area contributed by atoms with Crippen molar-refractivity contribution in [1.29, 1.82) is 0 Å². The maximum absolute atomic E-state index is 11.9. The summed E-state index contributed by atoms with van der Waals surface area (Å²) in [6, 6.07) is 62.2. The minimum atomic E-state index is 0.258. The number of aromatic hydroxyl groups is 2. The molecule has 0 aromatic heterocycles. The molecule has 0 spiro atoms. The molecule has 0 amide bonds. The molecule has 2 nitrogen and oxygen atoms in total. The van der Waals surface area contributed by atoms with Gasteiger partial charge in [-0.1, -0.05) is 158 Å². The van der Waals surface area contributed by atoms with Gasteiger partial charge in [-0.3, -0.25) is 0 Å². The van der Waals surface area contributed by atoms with Gasteiger partial charge in [0.15, 0.2) is 0 Å². The number of hydrogen-bond donors (Lipinski definition) is 2. The molecule has 0 atom stereocenters. The first kappa shape index (κ1) is 30.4. The molecule has 2 heteroatoms. The van der Waals surface area contributed by atoms with E-state index in [1.807, 2.05) is 97.1 Å². The topological polar surface area (TPSA) is 40.5 Å². The van der Waals surface area contributed by atoms with Crippen LogP contribution in [0.5, 0.6) is 11.5 Å². The van der Waals surface area contributed by atoms with Crippen molar-refractivity contribution in [3.05, 3.63) is 193 Å². The van der Waals surface area contributed by atoms with Gasteiger partial charge in [-0.15, -0.1) is 0 Å². The van der Waals surface area contributed by atoms with Crippen molar-refractivity contribution in [3.8, 4) is 89.4 Å². The molecule has 0 radical (unpaired) electrons. The summed E-state index contributed by atoms with van der Waals surface area (Å²) < 4.78 is 0. The lowest BCUT2D eigenvalue weighted by Gasteiger charge is -2.21. The quantitative estimate of drug-likeness (QED) is 0.187. The molecule has 0 bridgehead atoms. The van der Waals surface area contributed by atoms with Crippen LogP contribution >= 0.6 is 0 Å². The molecular weight excluding hydrogens is 621 g/mol. The Morgan fingerprint density at radius 1 is 0.294 bits per heavy atom. The minimum Gasteiger partial charge on any atom is -0.507 e. The van der Waals surface area contributed by atoms with Crippen molar-refractivity contribution in [2.75, 3.05) is 0 Å². The van der Waals surface area contributed by atoms with E-state index in [1.165, 1.54) is 22.3 Å². The van der Waals surface area contributed by atoms with Crippen LogP contribution in [0, 0.1) is 0 Å². The molecule has 0 fully saturated rings. The van der Waals surface area contributed by atoms with Crippen LogP contribution in [0.3, 0.4) is 0 Å².